The maximum atomic E-state index is 11.7. The number of rotatable bonds is 8. The highest BCUT2D eigenvalue weighted by molar-refractivity contribution is 5.77. The Morgan fingerprint density at radius 1 is 1.37 bits per heavy atom. The van der Waals surface area contributed by atoms with Gasteiger partial charge >= 0.3 is 5.97 Å². The molecule has 5 nitrogen and oxygen atoms in total. The average molecular weight is 267 g/mol. The summed E-state index contributed by atoms with van der Waals surface area (Å²) in [5, 5.41) is 12.7. The molecule has 1 aromatic rings. The summed E-state index contributed by atoms with van der Waals surface area (Å²) in [6, 6.07) is 8.67. The van der Waals surface area contributed by atoms with Crippen LogP contribution in [0.15, 0.2) is 30.3 Å². The molecule has 2 unspecified atom stereocenters. The van der Waals surface area contributed by atoms with Gasteiger partial charge in [-0.3, -0.25) is 5.32 Å². The minimum Gasteiger partial charge on any atom is -0.468 e. The largest absolute Gasteiger partial charge is 0.468 e. The molecular weight excluding hydrogens is 246 g/mol. The first kappa shape index (κ1) is 15.6. The van der Waals surface area contributed by atoms with Crippen molar-refractivity contribution in [3.8, 4) is 0 Å². The predicted molar refractivity (Wildman–Crippen MR) is 71.7 cm³/mol. The van der Waals surface area contributed by atoms with Crippen LogP contribution in [0.1, 0.15) is 18.5 Å². The molecule has 5 heteroatoms. The number of carbonyl (C=O) groups is 1. The number of ether oxygens (including phenoxy) is 2. The van der Waals surface area contributed by atoms with E-state index in [1.54, 1.807) is 0 Å². The molecule has 0 fully saturated rings. The van der Waals surface area contributed by atoms with Crippen LogP contribution in [0.2, 0.25) is 0 Å². The van der Waals surface area contributed by atoms with Crippen molar-refractivity contribution in [1.82, 2.24) is 5.32 Å². The maximum absolute atomic E-state index is 11.7. The van der Waals surface area contributed by atoms with E-state index in [2.05, 4.69) is 5.32 Å². The third-order valence-electron chi connectivity index (χ3n) is 2.64. The Kier molecular flexibility index (Phi) is 7.10. The zero-order chi connectivity index (χ0) is 14.1. The molecule has 0 heterocycles. The molecule has 0 spiro atoms. The number of aliphatic hydroxyl groups is 1. The summed E-state index contributed by atoms with van der Waals surface area (Å²) in [7, 11) is 1.34. The number of methoxy groups -OCH3 is 1. The van der Waals surface area contributed by atoms with Crippen LogP contribution >= 0.6 is 0 Å². The van der Waals surface area contributed by atoms with Gasteiger partial charge in [-0.1, -0.05) is 30.3 Å². The van der Waals surface area contributed by atoms with Crippen molar-refractivity contribution in [3.63, 3.8) is 0 Å². The Morgan fingerprint density at radius 3 is 2.63 bits per heavy atom. The van der Waals surface area contributed by atoms with Crippen LogP contribution in [-0.4, -0.2) is 44.0 Å². The first-order valence-electron chi connectivity index (χ1n) is 6.31. The Bertz CT molecular complexity index is 369. The normalized spacial score (nSPS) is 13.8. The van der Waals surface area contributed by atoms with Crippen LogP contribution in [0.5, 0.6) is 0 Å². The predicted octanol–water partition coefficient (Wildman–Crippen LogP) is 0.888. The van der Waals surface area contributed by atoms with Crippen LogP contribution in [0.3, 0.4) is 0 Å². The molecule has 0 saturated heterocycles. The van der Waals surface area contributed by atoms with E-state index in [1.165, 1.54) is 7.11 Å². The molecule has 0 aliphatic carbocycles. The molecule has 0 radical (unpaired) electrons. The highest BCUT2D eigenvalue weighted by Gasteiger charge is 2.21. The van der Waals surface area contributed by atoms with Crippen LogP contribution < -0.4 is 5.32 Å². The first-order chi connectivity index (χ1) is 9.19. The third-order valence-corrected chi connectivity index (χ3v) is 2.64. The second-order valence-electron chi connectivity index (χ2n) is 4.09. The fourth-order valence-corrected chi connectivity index (χ4v) is 1.67. The summed E-state index contributed by atoms with van der Waals surface area (Å²) in [6.45, 7) is 2.92. The Morgan fingerprint density at radius 2 is 2.05 bits per heavy atom. The smallest absolute Gasteiger partial charge is 0.327 e. The van der Waals surface area contributed by atoms with E-state index in [9.17, 15) is 9.90 Å². The number of benzene rings is 1. The highest BCUT2D eigenvalue weighted by atomic mass is 16.5. The van der Waals surface area contributed by atoms with Crippen LogP contribution in [0.25, 0.3) is 0 Å². The standard InChI is InChI=1S/C14H21NO4/c1-3-19-10-12(16)9-15-13(14(17)18-2)11-7-5-4-6-8-11/h4-8,12-13,15-16H,3,9-10H2,1-2H3. The SMILES string of the molecule is CCOCC(O)CNC(C(=O)OC)c1ccccc1. The van der Waals surface area contributed by atoms with E-state index in [0.29, 0.717) is 6.61 Å². The van der Waals surface area contributed by atoms with Crippen LogP contribution in [0.4, 0.5) is 0 Å². The van der Waals surface area contributed by atoms with Crippen LogP contribution in [-0.2, 0) is 14.3 Å². The summed E-state index contributed by atoms with van der Waals surface area (Å²) in [4.78, 5) is 11.7. The second-order valence-corrected chi connectivity index (χ2v) is 4.09. The highest BCUT2D eigenvalue weighted by Crippen LogP contribution is 2.13. The van der Waals surface area contributed by atoms with E-state index < -0.39 is 12.1 Å². The van der Waals surface area contributed by atoms with Gasteiger partial charge in [-0.25, -0.2) is 4.79 Å². The molecule has 0 bridgehead atoms. The summed E-state index contributed by atoms with van der Waals surface area (Å²) >= 11 is 0. The fourth-order valence-electron chi connectivity index (χ4n) is 1.67. The molecule has 0 aliphatic rings. The third kappa shape index (κ3) is 5.38. The number of esters is 1. The Labute approximate surface area is 113 Å². The Balaban J connectivity index is 2.59. The molecular formula is C14H21NO4. The number of hydrogen-bond acceptors (Lipinski definition) is 5. The van der Waals surface area contributed by atoms with Crippen molar-refractivity contribution >= 4 is 5.97 Å². The monoisotopic (exact) mass is 267 g/mol. The topological polar surface area (TPSA) is 67.8 Å². The maximum Gasteiger partial charge on any atom is 0.327 e. The van der Waals surface area contributed by atoms with Gasteiger partial charge in [0.2, 0.25) is 0 Å². The van der Waals surface area contributed by atoms with E-state index in [0.717, 1.165) is 5.56 Å². The fraction of sp³-hybridized carbons (Fsp3) is 0.500. The lowest BCUT2D eigenvalue weighted by atomic mass is 10.1. The number of carbonyl (C=O) groups excluding carboxylic acids is 1. The Hall–Kier alpha value is -1.43. The van der Waals surface area contributed by atoms with Gasteiger partial charge < -0.3 is 14.6 Å². The molecule has 1 rings (SSSR count). The van der Waals surface area contributed by atoms with E-state index in [4.69, 9.17) is 9.47 Å². The van der Waals surface area contributed by atoms with Gasteiger partial charge in [0.15, 0.2) is 0 Å². The summed E-state index contributed by atoms with van der Waals surface area (Å²) in [5.41, 5.74) is 0.804. The molecule has 1 aromatic carbocycles. The molecule has 2 atom stereocenters. The van der Waals surface area contributed by atoms with Crippen molar-refractivity contribution in [2.45, 2.75) is 19.1 Å². The second kappa shape index (κ2) is 8.63. The van der Waals surface area contributed by atoms with Gasteiger partial charge in [-0.2, -0.15) is 0 Å². The summed E-state index contributed by atoms with van der Waals surface area (Å²) in [6.07, 6.45) is -0.657. The van der Waals surface area contributed by atoms with Crippen molar-refractivity contribution in [2.75, 3.05) is 26.9 Å². The van der Waals surface area contributed by atoms with Crippen molar-refractivity contribution in [1.29, 1.82) is 0 Å². The van der Waals surface area contributed by atoms with E-state index in [-0.39, 0.29) is 19.1 Å². The molecule has 2 N–H and O–H groups in total. The molecule has 0 saturated carbocycles. The van der Waals surface area contributed by atoms with Gasteiger partial charge in [-0.15, -0.1) is 0 Å². The lowest BCUT2D eigenvalue weighted by molar-refractivity contribution is -0.143. The number of nitrogens with one attached hydrogen (secondary N) is 1. The van der Waals surface area contributed by atoms with Crippen LogP contribution in [0, 0.1) is 0 Å². The van der Waals surface area contributed by atoms with Gasteiger partial charge in [-0.05, 0) is 12.5 Å². The number of hydrogen-bond donors (Lipinski definition) is 2. The lowest BCUT2D eigenvalue weighted by Gasteiger charge is -2.19. The van der Waals surface area contributed by atoms with Gasteiger partial charge in [0.05, 0.1) is 19.8 Å². The molecule has 0 amide bonds. The minimum absolute atomic E-state index is 0.242. The lowest BCUT2D eigenvalue weighted by Crippen LogP contribution is -2.37. The zero-order valence-corrected chi connectivity index (χ0v) is 11.3. The van der Waals surface area contributed by atoms with Gasteiger partial charge in [0.25, 0.3) is 0 Å². The van der Waals surface area contributed by atoms with Gasteiger partial charge in [0.1, 0.15) is 6.04 Å². The minimum atomic E-state index is -0.657. The van der Waals surface area contributed by atoms with Crippen molar-refractivity contribution in [3.05, 3.63) is 35.9 Å². The van der Waals surface area contributed by atoms with E-state index in [1.807, 2.05) is 37.3 Å². The van der Waals surface area contributed by atoms with Crippen molar-refractivity contribution < 1.29 is 19.4 Å². The number of aliphatic hydroxyl groups excluding tert-OH is 1. The quantitative estimate of drug-likeness (QED) is 0.685. The molecule has 0 aromatic heterocycles. The summed E-state index contributed by atoms with van der Waals surface area (Å²) < 4.78 is 9.88. The van der Waals surface area contributed by atoms with Crippen molar-refractivity contribution in [2.24, 2.45) is 0 Å². The molecule has 0 aliphatic heterocycles. The van der Waals surface area contributed by atoms with E-state index >= 15 is 0 Å². The average Bonchev–Trinajstić information content (AvgIpc) is 2.46. The molecule has 106 valence electrons. The molecule has 19 heavy (non-hydrogen) atoms. The first-order valence-corrected chi connectivity index (χ1v) is 6.31. The van der Waals surface area contributed by atoms with Gasteiger partial charge in [0, 0.05) is 13.2 Å². The summed E-state index contributed by atoms with van der Waals surface area (Å²) in [5.74, 6) is -0.380. The zero-order valence-electron chi connectivity index (χ0n) is 11.3.